The lowest BCUT2D eigenvalue weighted by Gasteiger charge is -2.38. The van der Waals surface area contributed by atoms with Gasteiger partial charge in [-0.05, 0) is 43.2 Å². The molecule has 4 aromatic rings. The monoisotopic (exact) mass is 450 g/mol. The number of hydrogen-bond acceptors (Lipinski definition) is 7. The SMILES string of the molecule is C.COc1ccc(Cn2c(=O)n3ncnc3c3cc(CN4CCOC(C)(C)C4)cnc32)cc1. The lowest BCUT2D eigenvalue weighted by molar-refractivity contribution is -0.0882. The van der Waals surface area contributed by atoms with Gasteiger partial charge in [0.1, 0.15) is 17.7 Å². The molecule has 0 N–H and O–H groups in total. The highest BCUT2D eigenvalue weighted by atomic mass is 16.5. The normalized spacial score (nSPS) is 16.1. The van der Waals surface area contributed by atoms with E-state index in [0.29, 0.717) is 24.4 Å². The van der Waals surface area contributed by atoms with Gasteiger partial charge < -0.3 is 9.47 Å². The van der Waals surface area contributed by atoms with Gasteiger partial charge in [-0.3, -0.25) is 9.47 Å². The van der Waals surface area contributed by atoms with Crippen molar-refractivity contribution in [2.45, 2.75) is 40.0 Å². The number of ether oxygens (including phenoxy) is 2. The van der Waals surface area contributed by atoms with Crippen LogP contribution >= 0.6 is 0 Å². The number of benzene rings is 1. The van der Waals surface area contributed by atoms with E-state index in [0.717, 1.165) is 41.9 Å². The van der Waals surface area contributed by atoms with Gasteiger partial charge in [0.05, 0.1) is 31.2 Å². The minimum atomic E-state index is -0.268. The molecule has 5 rings (SSSR count). The van der Waals surface area contributed by atoms with Crippen LogP contribution in [-0.2, 0) is 17.8 Å². The maximum atomic E-state index is 13.1. The predicted molar refractivity (Wildman–Crippen MR) is 127 cm³/mol. The van der Waals surface area contributed by atoms with Gasteiger partial charge in [-0.25, -0.2) is 14.8 Å². The number of morpholine rings is 1. The van der Waals surface area contributed by atoms with E-state index in [-0.39, 0.29) is 18.7 Å². The standard InChI is InChI=1S/C23H26N6O3.CH4/c1-23(2)14-27(8-9-32-23)12-17-10-19-20(24-11-17)28(22(30)29-21(19)25-15-26-29)13-16-4-6-18(31-3)7-5-16;/h4-7,10-11,15H,8-9,12-14H2,1-3H3;1H4. The van der Waals surface area contributed by atoms with E-state index in [1.54, 1.807) is 11.7 Å². The van der Waals surface area contributed by atoms with E-state index < -0.39 is 0 Å². The van der Waals surface area contributed by atoms with E-state index in [2.05, 4.69) is 34.9 Å². The first-order valence-electron chi connectivity index (χ1n) is 10.6. The molecule has 0 unspecified atom stereocenters. The lowest BCUT2D eigenvalue weighted by atomic mass is 10.1. The van der Waals surface area contributed by atoms with Gasteiger partial charge >= 0.3 is 5.69 Å². The molecule has 3 aromatic heterocycles. The molecule has 174 valence electrons. The Bertz CT molecular complexity index is 1330. The third-order valence-corrected chi connectivity index (χ3v) is 5.79. The first-order chi connectivity index (χ1) is 15.4. The Morgan fingerprint density at radius 3 is 2.61 bits per heavy atom. The molecule has 1 aliphatic rings. The van der Waals surface area contributed by atoms with Gasteiger partial charge in [-0.1, -0.05) is 19.6 Å². The summed E-state index contributed by atoms with van der Waals surface area (Å²) in [7, 11) is 1.63. The highest BCUT2D eigenvalue weighted by Crippen LogP contribution is 2.22. The molecular weight excluding hydrogens is 420 g/mol. The van der Waals surface area contributed by atoms with Crippen molar-refractivity contribution >= 4 is 16.7 Å². The number of fused-ring (bicyclic) bond motifs is 3. The number of methoxy groups -OCH3 is 1. The second-order valence-electron chi connectivity index (χ2n) is 8.75. The molecule has 1 fully saturated rings. The van der Waals surface area contributed by atoms with Crippen molar-refractivity contribution in [1.29, 1.82) is 0 Å². The summed E-state index contributed by atoms with van der Waals surface area (Å²) in [4.78, 5) is 24.5. The summed E-state index contributed by atoms with van der Waals surface area (Å²) >= 11 is 0. The fraction of sp³-hybridized carbons (Fsp3) is 0.417. The van der Waals surface area contributed by atoms with Gasteiger partial charge in [0, 0.05) is 25.8 Å². The summed E-state index contributed by atoms with van der Waals surface area (Å²) in [5, 5.41) is 4.97. The number of aromatic nitrogens is 5. The van der Waals surface area contributed by atoms with Gasteiger partial charge in [0.25, 0.3) is 0 Å². The Morgan fingerprint density at radius 2 is 1.88 bits per heavy atom. The fourth-order valence-corrected chi connectivity index (χ4v) is 4.30. The Labute approximate surface area is 192 Å². The molecule has 1 aliphatic heterocycles. The van der Waals surface area contributed by atoms with Crippen molar-refractivity contribution in [2.24, 2.45) is 0 Å². The van der Waals surface area contributed by atoms with E-state index in [1.165, 1.54) is 10.8 Å². The van der Waals surface area contributed by atoms with Gasteiger partial charge in [-0.2, -0.15) is 9.61 Å². The highest BCUT2D eigenvalue weighted by Gasteiger charge is 2.27. The van der Waals surface area contributed by atoms with Gasteiger partial charge in [0.15, 0.2) is 5.65 Å². The molecular formula is C24H30N6O3. The van der Waals surface area contributed by atoms with E-state index >= 15 is 0 Å². The quantitative estimate of drug-likeness (QED) is 0.462. The maximum absolute atomic E-state index is 13.1. The molecule has 0 spiro atoms. The van der Waals surface area contributed by atoms with Crippen molar-refractivity contribution in [3.63, 3.8) is 0 Å². The average molecular weight is 451 g/mol. The van der Waals surface area contributed by atoms with Gasteiger partial charge in [0.2, 0.25) is 0 Å². The topological polar surface area (TPSA) is 86.8 Å². The predicted octanol–water partition coefficient (Wildman–Crippen LogP) is 2.74. The average Bonchev–Trinajstić information content (AvgIpc) is 3.27. The van der Waals surface area contributed by atoms with Crippen LogP contribution in [0.3, 0.4) is 0 Å². The van der Waals surface area contributed by atoms with Crippen molar-refractivity contribution in [3.8, 4) is 5.75 Å². The highest BCUT2D eigenvalue weighted by molar-refractivity contribution is 5.89. The first-order valence-corrected chi connectivity index (χ1v) is 10.6. The van der Waals surface area contributed by atoms with Crippen molar-refractivity contribution in [3.05, 3.63) is 64.5 Å². The second-order valence-corrected chi connectivity index (χ2v) is 8.75. The van der Waals surface area contributed by atoms with Crippen LogP contribution in [0.25, 0.3) is 16.7 Å². The van der Waals surface area contributed by atoms with Crippen LogP contribution in [0.2, 0.25) is 0 Å². The molecule has 0 atom stereocenters. The Morgan fingerprint density at radius 1 is 1.09 bits per heavy atom. The second kappa shape index (κ2) is 8.92. The molecule has 9 heteroatoms. The minimum Gasteiger partial charge on any atom is -0.497 e. The van der Waals surface area contributed by atoms with Crippen LogP contribution < -0.4 is 10.4 Å². The number of hydrogen-bond donors (Lipinski definition) is 0. The molecule has 1 aromatic carbocycles. The molecule has 0 aliphatic carbocycles. The van der Waals surface area contributed by atoms with E-state index in [9.17, 15) is 4.79 Å². The zero-order chi connectivity index (χ0) is 22.3. The summed E-state index contributed by atoms with van der Waals surface area (Å²) in [6.07, 6.45) is 3.26. The lowest BCUT2D eigenvalue weighted by Crippen LogP contribution is -2.47. The number of nitrogens with zero attached hydrogens (tertiary/aromatic N) is 6. The third kappa shape index (κ3) is 4.46. The molecule has 4 heterocycles. The Kier molecular flexibility index (Phi) is 6.18. The zero-order valence-electron chi connectivity index (χ0n) is 18.5. The number of rotatable bonds is 5. The summed E-state index contributed by atoms with van der Waals surface area (Å²) in [5.74, 6) is 0.770. The van der Waals surface area contributed by atoms with Crippen LogP contribution in [0.15, 0.2) is 47.7 Å². The molecule has 33 heavy (non-hydrogen) atoms. The van der Waals surface area contributed by atoms with Crippen LogP contribution in [0, 0.1) is 0 Å². The third-order valence-electron chi connectivity index (χ3n) is 5.79. The first kappa shape index (κ1) is 22.9. The van der Waals surface area contributed by atoms with Crippen molar-refractivity contribution in [1.82, 2.24) is 29.0 Å². The molecule has 1 saturated heterocycles. The van der Waals surface area contributed by atoms with Crippen molar-refractivity contribution < 1.29 is 9.47 Å². The minimum absolute atomic E-state index is 0. The van der Waals surface area contributed by atoms with Crippen LogP contribution in [-0.4, -0.2) is 61.5 Å². The summed E-state index contributed by atoms with van der Waals surface area (Å²) < 4.78 is 14.0. The molecule has 0 amide bonds. The Hall–Kier alpha value is -3.30. The Balaban J connectivity index is 0.00000259. The largest absolute Gasteiger partial charge is 0.497 e. The van der Waals surface area contributed by atoms with Crippen LogP contribution in [0.1, 0.15) is 32.4 Å². The van der Waals surface area contributed by atoms with Crippen LogP contribution in [0.5, 0.6) is 5.75 Å². The maximum Gasteiger partial charge on any atom is 0.352 e. The number of pyridine rings is 1. The summed E-state index contributed by atoms with van der Waals surface area (Å²) in [5.41, 5.74) is 2.72. The molecule has 0 saturated carbocycles. The van der Waals surface area contributed by atoms with Gasteiger partial charge in [-0.15, -0.1) is 0 Å². The fourth-order valence-electron chi connectivity index (χ4n) is 4.30. The zero-order valence-corrected chi connectivity index (χ0v) is 18.5. The smallest absolute Gasteiger partial charge is 0.352 e. The molecule has 9 nitrogen and oxygen atoms in total. The van der Waals surface area contributed by atoms with E-state index in [4.69, 9.17) is 14.5 Å². The summed E-state index contributed by atoms with van der Waals surface area (Å²) in [6, 6.07) is 9.71. The molecule has 0 radical (unpaired) electrons. The van der Waals surface area contributed by atoms with Crippen molar-refractivity contribution in [2.75, 3.05) is 26.8 Å². The molecule has 0 bridgehead atoms. The summed E-state index contributed by atoms with van der Waals surface area (Å²) in [6.45, 7) is 7.78. The van der Waals surface area contributed by atoms with Crippen LogP contribution in [0.4, 0.5) is 0 Å². The van der Waals surface area contributed by atoms with E-state index in [1.807, 2.05) is 30.5 Å².